The van der Waals surface area contributed by atoms with Crippen LogP contribution in [0.25, 0.3) is 0 Å². The molecule has 0 aromatic heterocycles. The van der Waals surface area contributed by atoms with Gasteiger partial charge in [0, 0.05) is 0 Å². The topological polar surface area (TPSA) is 98.0 Å². The van der Waals surface area contributed by atoms with E-state index in [0.29, 0.717) is 0 Å². The van der Waals surface area contributed by atoms with Crippen molar-refractivity contribution < 1.29 is 25.2 Å². The predicted octanol–water partition coefficient (Wildman–Crippen LogP) is -2.35. The number of rotatable bonds is 4. The third kappa shape index (κ3) is 2.55. The molecular weight excluding hydrogens is 152 g/mol. The van der Waals surface area contributed by atoms with Crippen LogP contribution in [0.4, 0.5) is 0 Å². The average Bonchev–Trinajstić information content (AvgIpc) is 2.01. The standard InChI is InChI=1S/C6H12O5/c1-6(11,3-8)5(10)4(9)2-7/h2,4-5,8-11H,3H2,1H3/t4-,5+,6-/m1/s1. The molecule has 0 heterocycles. The Hall–Kier alpha value is -0.490. The molecule has 0 aliphatic carbocycles. The second-order valence-corrected chi connectivity index (χ2v) is 2.59. The largest absolute Gasteiger partial charge is 0.393 e. The summed E-state index contributed by atoms with van der Waals surface area (Å²) in [5.74, 6) is 0. The maximum atomic E-state index is 9.91. The molecule has 0 aromatic carbocycles. The molecule has 0 saturated carbocycles. The van der Waals surface area contributed by atoms with E-state index in [9.17, 15) is 4.79 Å². The summed E-state index contributed by atoms with van der Waals surface area (Å²) in [6.07, 6.45) is -3.24. The van der Waals surface area contributed by atoms with Gasteiger partial charge in [-0.05, 0) is 6.92 Å². The van der Waals surface area contributed by atoms with Gasteiger partial charge in [-0.3, -0.25) is 0 Å². The highest BCUT2D eigenvalue weighted by molar-refractivity contribution is 5.56. The molecule has 5 heteroatoms. The van der Waals surface area contributed by atoms with E-state index in [4.69, 9.17) is 20.4 Å². The van der Waals surface area contributed by atoms with Crippen molar-refractivity contribution >= 4 is 6.29 Å². The number of aldehydes is 1. The van der Waals surface area contributed by atoms with Crippen molar-refractivity contribution in [3.8, 4) is 0 Å². The molecule has 0 aromatic rings. The van der Waals surface area contributed by atoms with E-state index in [2.05, 4.69) is 0 Å². The Labute approximate surface area is 63.9 Å². The summed E-state index contributed by atoms with van der Waals surface area (Å²) in [6, 6.07) is 0. The third-order valence-corrected chi connectivity index (χ3v) is 1.42. The molecule has 0 aliphatic rings. The second-order valence-electron chi connectivity index (χ2n) is 2.59. The number of aliphatic hydroxyl groups excluding tert-OH is 3. The number of hydrogen-bond donors (Lipinski definition) is 4. The van der Waals surface area contributed by atoms with Crippen molar-refractivity contribution in [2.75, 3.05) is 6.61 Å². The van der Waals surface area contributed by atoms with Crippen LogP contribution in [0.5, 0.6) is 0 Å². The Morgan fingerprint density at radius 3 is 2.27 bits per heavy atom. The van der Waals surface area contributed by atoms with Crippen LogP contribution in [0.1, 0.15) is 6.92 Å². The summed E-state index contributed by atoms with van der Waals surface area (Å²) in [5, 5.41) is 35.2. The molecular formula is C6H12O5. The van der Waals surface area contributed by atoms with Gasteiger partial charge >= 0.3 is 0 Å². The van der Waals surface area contributed by atoms with Gasteiger partial charge in [0.1, 0.15) is 17.8 Å². The molecule has 3 atom stereocenters. The Morgan fingerprint density at radius 1 is 1.55 bits per heavy atom. The minimum Gasteiger partial charge on any atom is -0.393 e. The van der Waals surface area contributed by atoms with Gasteiger partial charge in [-0.15, -0.1) is 0 Å². The van der Waals surface area contributed by atoms with E-state index in [1.165, 1.54) is 0 Å². The summed E-state index contributed by atoms with van der Waals surface area (Å²) in [7, 11) is 0. The molecule has 4 N–H and O–H groups in total. The molecule has 0 unspecified atom stereocenters. The van der Waals surface area contributed by atoms with E-state index >= 15 is 0 Å². The van der Waals surface area contributed by atoms with Crippen molar-refractivity contribution in [1.82, 2.24) is 0 Å². The fourth-order valence-electron chi connectivity index (χ4n) is 0.536. The van der Waals surface area contributed by atoms with Crippen molar-refractivity contribution in [2.45, 2.75) is 24.7 Å². The van der Waals surface area contributed by atoms with E-state index < -0.39 is 24.4 Å². The van der Waals surface area contributed by atoms with Gasteiger partial charge in [-0.1, -0.05) is 0 Å². The highest BCUT2D eigenvalue weighted by atomic mass is 16.4. The first-order valence-corrected chi connectivity index (χ1v) is 3.10. The van der Waals surface area contributed by atoms with Crippen molar-refractivity contribution in [3.05, 3.63) is 0 Å². The van der Waals surface area contributed by atoms with E-state index in [-0.39, 0.29) is 6.29 Å². The van der Waals surface area contributed by atoms with E-state index in [0.717, 1.165) is 6.92 Å². The van der Waals surface area contributed by atoms with Crippen molar-refractivity contribution in [2.24, 2.45) is 0 Å². The maximum absolute atomic E-state index is 9.91. The zero-order valence-electron chi connectivity index (χ0n) is 6.14. The first-order valence-electron chi connectivity index (χ1n) is 3.10. The summed E-state index contributed by atoms with van der Waals surface area (Å²) in [4.78, 5) is 9.91. The predicted molar refractivity (Wildman–Crippen MR) is 35.8 cm³/mol. The lowest BCUT2D eigenvalue weighted by Gasteiger charge is -2.27. The number of aliphatic hydroxyl groups is 4. The normalized spacial score (nSPS) is 21.9. The van der Waals surface area contributed by atoms with Crippen LogP contribution in [0.15, 0.2) is 0 Å². The summed E-state index contributed by atoms with van der Waals surface area (Å²) >= 11 is 0. The molecule has 0 bridgehead atoms. The van der Waals surface area contributed by atoms with Gasteiger partial charge in [0.15, 0.2) is 6.29 Å². The average molecular weight is 164 g/mol. The molecule has 0 spiro atoms. The quantitative estimate of drug-likeness (QED) is 0.349. The van der Waals surface area contributed by atoms with Gasteiger partial charge in [-0.25, -0.2) is 0 Å². The van der Waals surface area contributed by atoms with Crippen LogP contribution in [0.3, 0.4) is 0 Å². The summed E-state index contributed by atoms with van der Waals surface area (Å²) in [5.41, 5.74) is -1.85. The lowest BCUT2D eigenvalue weighted by Crippen LogP contribution is -2.50. The van der Waals surface area contributed by atoms with E-state index in [1.807, 2.05) is 0 Å². The zero-order valence-corrected chi connectivity index (χ0v) is 6.14. The number of carbonyl (C=O) groups is 1. The van der Waals surface area contributed by atoms with Crippen LogP contribution in [-0.2, 0) is 4.79 Å². The molecule has 0 rings (SSSR count). The van der Waals surface area contributed by atoms with Crippen LogP contribution >= 0.6 is 0 Å². The Balaban J connectivity index is 4.21. The van der Waals surface area contributed by atoms with Crippen LogP contribution in [0.2, 0.25) is 0 Å². The second kappa shape index (κ2) is 3.77. The summed E-state index contributed by atoms with van der Waals surface area (Å²) < 4.78 is 0. The Morgan fingerprint density at radius 2 is 2.00 bits per heavy atom. The van der Waals surface area contributed by atoms with Crippen molar-refractivity contribution in [1.29, 1.82) is 0 Å². The van der Waals surface area contributed by atoms with Crippen LogP contribution in [-0.4, -0.2) is 51.1 Å². The molecule has 0 fully saturated rings. The first-order chi connectivity index (χ1) is 4.95. The molecule has 0 saturated heterocycles. The SMILES string of the molecule is C[C@@](O)(CO)[C@@H](O)[C@H](O)C=O. The van der Waals surface area contributed by atoms with Gasteiger partial charge in [0.2, 0.25) is 0 Å². The third-order valence-electron chi connectivity index (χ3n) is 1.42. The van der Waals surface area contributed by atoms with Gasteiger partial charge < -0.3 is 25.2 Å². The summed E-state index contributed by atoms with van der Waals surface area (Å²) in [6.45, 7) is 0.392. The minimum atomic E-state index is -1.85. The highest BCUT2D eigenvalue weighted by Crippen LogP contribution is 2.11. The molecule has 11 heavy (non-hydrogen) atoms. The van der Waals surface area contributed by atoms with Crippen molar-refractivity contribution in [3.63, 3.8) is 0 Å². The number of hydrogen-bond acceptors (Lipinski definition) is 5. The van der Waals surface area contributed by atoms with Gasteiger partial charge in [0.05, 0.1) is 6.61 Å². The Kier molecular flexibility index (Phi) is 3.61. The molecule has 0 radical (unpaired) electrons. The molecule has 66 valence electrons. The molecule has 0 aliphatic heterocycles. The lowest BCUT2D eigenvalue weighted by molar-refractivity contribution is -0.147. The lowest BCUT2D eigenvalue weighted by atomic mass is 9.96. The fraction of sp³-hybridized carbons (Fsp3) is 0.833. The zero-order chi connectivity index (χ0) is 9.07. The van der Waals surface area contributed by atoms with E-state index in [1.54, 1.807) is 0 Å². The first kappa shape index (κ1) is 10.5. The molecule has 5 nitrogen and oxygen atoms in total. The maximum Gasteiger partial charge on any atom is 0.151 e. The van der Waals surface area contributed by atoms with Crippen LogP contribution < -0.4 is 0 Å². The van der Waals surface area contributed by atoms with Gasteiger partial charge in [0.25, 0.3) is 0 Å². The molecule has 0 amide bonds. The van der Waals surface area contributed by atoms with Crippen LogP contribution in [0, 0.1) is 0 Å². The smallest absolute Gasteiger partial charge is 0.151 e. The minimum absolute atomic E-state index is 0.0921. The Bertz CT molecular complexity index is 133. The monoisotopic (exact) mass is 164 g/mol. The highest BCUT2D eigenvalue weighted by Gasteiger charge is 2.34. The fourth-order valence-corrected chi connectivity index (χ4v) is 0.536. The number of carbonyl (C=O) groups excluding carboxylic acids is 1. The van der Waals surface area contributed by atoms with Gasteiger partial charge in [-0.2, -0.15) is 0 Å².